The summed E-state index contributed by atoms with van der Waals surface area (Å²) in [5.41, 5.74) is 1.63. The molecule has 10 heteroatoms. The number of hydrogen-bond donors (Lipinski definition) is 3. The van der Waals surface area contributed by atoms with Gasteiger partial charge < -0.3 is 10.6 Å². The number of hydrogen-bond acceptors (Lipinski definition) is 5. The number of amides is 2. The largest absolute Gasteiger partial charge is 0.345 e. The Morgan fingerprint density at radius 2 is 2.18 bits per heavy atom. The molecular formula is C18H18BrN5O2S2. The Morgan fingerprint density at radius 3 is 2.86 bits per heavy atom. The third-order valence-electron chi connectivity index (χ3n) is 4.10. The fourth-order valence-corrected chi connectivity index (χ4v) is 4.11. The van der Waals surface area contributed by atoms with Gasteiger partial charge in [-0.15, -0.1) is 11.3 Å². The quantitative estimate of drug-likeness (QED) is 0.464. The molecule has 3 aromatic rings. The fourth-order valence-electron chi connectivity index (χ4n) is 2.64. The van der Waals surface area contributed by atoms with Gasteiger partial charge in [0.1, 0.15) is 6.04 Å². The second-order valence-electron chi connectivity index (χ2n) is 6.10. The predicted octanol–water partition coefficient (Wildman–Crippen LogP) is 4.06. The Kier molecular flexibility index (Phi) is 6.42. The zero-order valence-electron chi connectivity index (χ0n) is 15.2. The van der Waals surface area contributed by atoms with Crippen LogP contribution in [0.1, 0.15) is 18.5 Å². The molecule has 0 spiro atoms. The van der Waals surface area contributed by atoms with Crippen LogP contribution in [0.25, 0.3) is 10.7 Å². The maximum atomic E-state index is 12.6. The summed E-state index contributed by atoms with van der Waals surface area (Å²) in [6.07, 6.45) is 0. The molecule has 3 rings (SSSR count). The molecule has 0 aliphatic rings. The molecule has 3 N–H and O–H groups in total. The van der Waals surface area contributed by atoms with Gasteiger partial charge in [0.15, 0.2) is 10.6 Å². The van der Waals surface area contributed by atoms with Gasteiger partial charge in [0.25, 0.3) is 0 Å². The van der Waals surface area contributed by atoms with Crippen LogP contribution in [0.5, 0.6) is 0 Å². The number of nitrogens with zero attached hydrogens (tertiary/aromatic N) is 2. The monoisotopic (exact) mass is 479 g/mol. The third kappa shape index (κ3) is 4.57. The van der Waals surface area contributed by atoms with Gasteiger partial charge in [-0.05, 0) is 61.3 Å². The topological polar surface area (TPSA) is 91.8 Å². The van der Waals surface area contributed by atoms with Crippen LogP contribution in [0.15, 0.2) is 40.2 Å². The van der Waals surface area contributed by atoms with Gasteiger partial charge in [-0.2, -0.15) is 5.10 Å². The first kappa shape index (κ1) is 20.4. The molecule has 0 saturated carbocycles. The minimum atomic E-state index is -0.620. The number of anilines is 1. The van der Waals surface area contributed by atoms with Crippen LogP contribution < -0.4 is 10.6 Å². The summed E-state index contributed by atoms with van der Waals surface area (Å²) < 4.78 is 2.93. The summed E-state index contributed by atoms with van der Waals surface area (Å²) in [4.78, 5) is 25.7. The second-order valence-corrected chi connectivity index (χ2v) is 8.35. The standard InChI is InChI=1S/C18H18BrN5O2S2/c1-10-8-12(19)5-6-13(10)21-15(25)9-20-17(26)11(2)24-16(22-23-18(24)27)14-4-3-7-28-14/h3-8,11H,9H2,1-2H3,(H,20,26)(H,21,25)(H,23,27). The normalized spacial score (nSPS) is 11.8. The average molecular weight is 480 g/mol. The Bertz CT molecular complexity index is 1060. The number of aromatic nitrogens is 3. The lowest BCUT2D eigenvalue weighted by Crippen LogP contribution is -2.37. The number of aryl methyl sites for hydroxylation is 1. The van der Waals surface area contributed by atoms with Crippen LogP contribution >= 0.6 is 39.5 Å². The first-order valence-corrected chi connectivity index (χ1v) is 10.5. The van der Waals surface area contributed by atoms with Crippen molar-refractivity contribution in [2.75, 3.05) is 11.9 Å². The molecule has 2 aromatic heterocycles. The van der Waals surface area contributed by atoms with Crippen molar-refractivity contribution in [1.29, 1.82) is 0 Å². The van der Waals surface area contributed by atoms with Crippen molar-refractivity contribution in [3.63, 3.8) is 0 Å². The van der Waals surface area contributed by atoms with E-state index in [1.807, 2.05) is 36.6 Å². The van der Waals surface area contributed by atoms with Crippen molar-refractivity contribution in [3.05, 3.63) is 50.5 Å². The van der Waals surface area contributed by atoms with Gasteiger partial charge in [-0.1, -0.05) is 22.0 Å². The van der Waals surface area contributed by atoms with E-state index in [1.54, 1.807) is 17.6 Å². The lowest BCUT2D eigenvalue weighted by Gasteiger charge is -2.15. The second kappa shape index (κ2) is 8.80. The number of benzene rings is 1. The molecule has 7 nitrogen and oxygen atoms in total. The molecule has 146 valence electrons. The third-order valence-corrected chi connectivity index (χ3v) is 5.75. The predicted molar refractivity (Wildman–Crippen MR) is 116 cm³/mol. The van der Waals surface area contributed by atoms with Crippen LogP contribution in [-0.4, -0.2) is 33.1 Å². The van der Waals surface area contributed by atoms with E-state index in [2.05, 4.69) is 36.8 Å². The van der Waals surface area contributed by atoms with Crippen LogP contribution in [0.2, 0.25) is 0 Å². The molecule has 1 unspecified atom stereocenters. The summed E-state index contributed by atoms with van der Waals surface area (Å²) >= 11 is 10.2. The molecule has 0 bridgehead atoms. The summed E-state index contributed by atoms with van der Waals surface area (Å²) in [5, 5.41) is 14.3. The molecule has 0 aliphatic heterocycles. The molecule has 1 aromatic carbocycles. The Hall–Kier alpha value is -2.30. The number of thiophene rings is 1. The number of aromatic amines is 1. The lowest BCUT2D eigenvalue weighted by atomic mass is 10.2. The fraction of sp³-hybridized carbons (Fsp3) is 0.222. The maximum absolute atomic E-state index is 12.6. The van der Waals surface area contributed by atoms with Crippen LogP contribution in [0.4, 0.5) is 5.69 Å². The number of halogens is 1. The van der Waals surface area contributed by atoms with Crippen molar-refractivity contribution in [2.45, 2.75) is 19.9 Å². The van der Waals surface area contributed by atoms with Crippen molar-refractivity contribution in [3.8, 4) is 10.7 Å². The summed E-state index contributed by atoms with van der Waals surface area (Å²) in [6.45, 7) is 3.47. The highest BCUT2D eigenvalue weighted by molar-refractivity contribution is 9.10. The number of carbonyl (C=O) groups is 2. The Balaban J connectivity index is 1.65. The van der Waals surface area contributed by atoms with E-state index in [-0.39, 0.29) is 18.4 Å². The minimum Gasteiger partial charge on any atom is -0.345 e. The van der Waals surface area contributed by atoms with Crippen molar-refractivity contribution in [1.82, 2.24) is 20.1 Å². The Labute approximate surface area is 179 Å². The first-order chi connectivity index (χ1) is 13.4. The average Bonchev–Trinajstić information content (AvgIpc) is 3.31. The molecule has 1 atom stereocenters. The summed E-state index contributed by atoms with van der Waals surface area (Å²) in [5.74, 6) is -0.0317. The number of rotatable bonds is 6. The van der Waals surface area contributed by atoms with Gasteiger partial charge in [0.05, 0.1) is 11.4 Å². The lowest BCUT2D eigenvalue weighted by molar-refractivity contribution is -0.126. The van der Waals surface area contributed by atoms with Gasteiger partial charge >= 0.3 is 0 Å². The van der Waals surface area contributed by atoms with Crippen LogP contribution in [0, 0.1) is 11.7 Å². The molecule has 0 fully saturated rings. The minimum absolute atomic E-state index is 0.141. The first-order valence-electron chi connectivity index (χ1n) is 8.41. The number of carbonyl (C=O) groups excluding carboxylic acids is 2. The van der Waals surface area contributed by atoms with E-state index < -0.39 is 6.04 Å². The van der Waals surface area contributed by atoms with Gasteiger partial charge in [-0.3, -0.25) is 19.3 Å². The van der Waals surface area contributed by atoms with Crippen LogP contribution in [0.3, 0.4) is 0 Å². The summed E-state index contributed by atoms with van der Waals surface area (Å²) in [6, 6.07) is 8.75. The molecule has 28 heavy (non-hydrogen) atoms. The molecule has 0 aliphatic carbocycles. The van der Waals surface area contributed by atoms with E-state index in [1.165, 1.54) is 11.3 Å². The number of H-pyrrole nitrogens is 1. The highest BCUT2D eigenvalue weighted by Crippen LogP contribution is 2.25. The van der Waals surface area contributed by atoms with Crippen molar-refractivity contribution >= 4 is 57.0 Å². The SMILES string of the molecule is Cc1cc(Br)ccc1NC(=O)CNC(=O)C(C)n1c(-c2cccs2)n[nH]c1=S. The summed E-state index contributed by atoms with van der Waals surface area (Å²) in [7, 11) is 0. The maximum Gasteiger partial charge on any atom is 0.243 e. The zero-order valence-corrected chi connectivity index (χ0v) is 18.4. The highest BCUT2D eigenvalue weighted by Gasteiger charge is 2.21. The van der Waals surface area contributed by atoms with E-state index in [0.29, 0.717) is 16.3 Å². The van der Waals surface area contributed by atoms with E-state index >= 15 is 0 Å². The van der Waals surface area contributed by atoms with E-state index in [4.69, 9.17) is 12.2 Å². The molecule has 2 amide bonds. The number of nitrogens with one attached hydrogen (secondary N) is 3. The highest BCUT2D eigenvalue weighted by atomic mass is 79.9. The van der Waals surface area contributed by atoms with Crippen molar-refractivity contribution in [2.24, 2.45) is 0 Å². The van der Waals surface area contributed by atoms with Crippen molar-refractivity contribution < 1.29 is 9.59 Å². The van der Waals surface area contributed by atoms with Crippen LogP contribution in [-0.2, 0) is 9.59 Å². The smallest absolute Gasteiger partial charge is 0.243 e. The molecule has 0 radical (unpaired) electrons. The molecule has 0 saturated heterocycles. The van der Waals surface area contributed by atoms with Gasteiger partial charge in [0, 0.05) is 10.2 Å². The zero-order chi connectivity index (χ0) is 20.3. The molecule has 2 heterocycles. The van der Waals surface area contributed by atoms with Gasteiger partial charge in [-0.25, -0.2) is 0 Å². The van der Waals surface area contributed by atoms with Gasteiger partial charge in [0.2, 0.25) is 11.8 Å². The van der Waals surface area contributed by atoms with E-state index in [9.17, 15) is 9.59 Å². The molecular weight excluding hydrogens is 462 g/mol. The Morgan fingerprint density at radius 1 is 1.39 bits per heavy atom. The van der Waals surface area contributed by atoms with E-state index in [0.717, 1.165) is 14.9 Å².